The standard InChI is InChI=1S/C21H20N4O5/c1-3-15-18(21(27)30-4-2)19(23-17-8-6-5-7-16(17)22-15)24-20(26)13-9-11-14(12-10-13)25(28)29/h5-12,22H,3-4H2,1-2H3,(H,23,24,26). The predicted octanol–water partition coefficient (Wildman–Crippen LogP) is 3.71. The largest absolute Gasteiger partial charge is 0.462 e. The van der Waals surface area contributed by atoms with E-state index in [0.717, 1.165) is 0 Å². The second-order valence-electron chi connectivity index (χ2n) is 6.29. The number of carbonyl (C=O) groups is 2. The zero-order valence-corrected chi connectivity index (χ0v) is 16.5. The van der Waals surface area contributed by atoms with Crippen LogP contribution in [-0.2, 0) is 9.53 Å². The van der Waals surface area contributed by atoms with Crippen LogP contribution in [0.2, 0.25) is 0 Å². The molecule has 2 N–H and O–H groups in total. The van der Waals surface area contributed by atoms with Crippen molar-refractivity contribution in [3.05, 3.63) is 75.5 Å². The number of anilines is 1. The zero-order chi connectivity index (χ0) is 21.7. The number of non-ortho nitro benzene ring substituents is 1. The predicted molar refractivity (Wildman–Crippen MR) is 112 cm³/mol. The Hall–Kier alpha value is -4.01. The molecule has 9 heteroatoms. The molecule has 0 radical (unpaired) electrons. The molecule has 0 fully saturated rings. The molecule has 1 aliphatic heterocycles. The maximum Gasteiger partial charge on any atom is 0.343 e. The quantitative estimate of drug-likeness (QED) is 0.442. The first-order valence-electron chi connectivity index (χ1n) is 9.35. The van der Waals surface area contributed by atoms with Crippen LogP contribution < -0.4 is 10.6 Å². The van der Waals surface area contributed by atoms with Gasteiger partial charge in [-0.25, -0.2) is 9.79 Å². The van der Waals surface area contributed by atoms with Crippen molar-refractivity contribution < 1.29 is 19.2 Å². The number of nitro groups is 1. The van der Waals surface area contributed by atoms with Gasteiger partial charge >= 0.3 is 5.97 Å². The number of nitro benzene ring substituents is 1. The van der Waals surface area contributed by atoms with E-state index in [2.05, 4.69) is 15.6 Å². The summed E-state index contributed by atoms with van der Waals surface area (Å²) in [6, 6.07) is 12.3. The Bertz CT molecular complexity index is 1060. The number of ether oxygens (including phenoxy) is 1. The number of fused-ring (bicyclic) bond motifs is 1. The highest BCUT2D eigenvalue weighted by Crippen LogP contribution is 2.31. The van der Waals surface area contributed by atoms with Gasteiger partial charge in [0.1, 0.15) is 11.4 Å². The highest BCUT2D eigenvalue weighted by molar-refractivity contribution is 6.25. The third-order valence-corrected chi connectivity index (χ3v) is 4.37. The first-order valence-corrected chi connectivity index (χ1v) is 9.35. The van der Waals surface area contributed by atoms with E-state index < -0.39 is 16.8 Å². The molecular formula is C21H20N4O5. The van der Waals surface area contributed by atoms with Crippen LogP contribution in [0.3, 0.4) is 0 Å². The van der Waals surface area contributed by atoms with Crippen LogP contribution >= 0.6 is 0 Å². The van der Waals surface area contributed by atoms with E-state index in [1.807, 2.05) is 19.1 Å². The van der Waals surface area contributed by atoms with Crippen molar-refractivity contribution in [2.45, 2.75) is 20.3 Å². The molecule has 1 amide bonds. The van der Waals surface area contributed by atoms with Gasteiger partial charge in [0, 0.05) is 23.4 Å². The molecule has 0 atom stereocenters. The number of amidine groups is 1. The normalized spacial score (nSPS) is 12.8. The third-order valence-electron chi connectivity index (χ3n) is 4.37. The van der Waals surface area contributed by atoms with Crippen LogP contribution in [0, 0.1) is 10.1 Å². The lowest BCUT2D eigenvalue weighted by Crippen LogP contribution is -2.35. The summed E-state index contributed by atoms with van der Waals surface area (Å²) in [5, 5.41) is 16.7. The van der Waals surface area contributed by atoms with Crippen LogP contribution in [-0.4, -0.2) is 29.2 Å². The topological polar surface area (TPSA) is 123 Å². The number of benzene rings is 2. The summed E-state index contributed by atoms with van der Waals surface area (Å²) in [5.74, 6) is -1.12. The Labute approximate surface area is 172 Å². The second kappa shape index (κ2) is 8.99. The van der Waals surface area contributed by atoms with Gasteiger partial charge in [0.05, 0.1) is 22.9 Å². The molecule has 2 aromatic carbocycles. The number of amides is 1. The molecule has 2 aromatic rings. The number of nitrogens with zero attached hydrogens (tertiary/aromatic N) is 2. The molecule has 1 aliphatic rings. The molecular weight excluding hydrogens is 388 g/mol. The van der Waals surface area contributed by atoms with Crippen LogP contribution in [0.15, 0.2) is 64.8 Å². The lowest BCUT2D eigenvalue weighted by atomic mass is 10.1. The summed E-state index contributed by atoms with van der Waals surface area (Å²) < 4.78 is 5.18. The molecule has 9 nitrogen and oxygen atoms in total. The second-order valence-corrected chi connectivity index (χ2v) is 6.29. The van der Waals surface area contributed by atoms with Gasteiger partial charge in [0.15, 0.2) is 0 Å². The number of nitrogens with one attached hydrogen (secondary N) is 2. The Kier molecular flexibility index (Phi) is 6.21. The number of hydrogen-bond acceptors (Lipinski definition) is 7. The van der Waals surface area contributed by atoms with Crippen LogP contribution in [0.5, 0.6) is 0 Å². The smallest absolute Gasteiger partial charge is 0.343 e. The number of carbonyl (C=O) groups excluding carboxylic acids is 2. The van der Waals surface area contributed by atoms with Gasteiger partial charge in [0.25, 0.3) is 11.6 Å². The molecule has 0 spiro atoms. The lowest BCUT2D eigenvalue weighted by molar-refractivity contribution is -0.384. The van der Waals surface area contributed by atoms with Crippen molar-refractivity contribution in [3.63, 3.8) is 0 Å². The summed E-state index contributed by atoms with van der Waals surface area (Å²) >= 11 is 0. The van der Waals surface area contributed by atoms with E-state index in [1.54, 1.807) is 19.1 Å². The first kappa shape index (κ1) is 20.7. The van der Waals surface area contributed by atoms with Crippen molar-refractivity contribution in [3.8, 4) is 0 Å². The molecule has 0 aromatic heterocycles. The maximum atomic E-state index is 12.8. The third kappa shape index (κ3) is 4.35. The number of rotatable bonds is 5. The molecule has 0 bridgehead atoms. The summed E-state index contributed by atoms with van der Waals surface area (Å²) in [4.78, 5) is 40.2. The SMILES string of the molecule is CCOC(=O)C1=C(CC)Nc2ccccc2N=C1NC(=O)c1ccc([N+](=O)[O-])cc1. The van der Waals surface area contributed by atoms with Gasteiger partial charge in [-0.15, -0.1) is 0 Å². The average Bonchev–Trinajstić information content (AvgIpc) is 2.90. The van der Waals surface area contributed by atoms with Crippen LogP contribution in [0.25, 0.3) is 0 Å². The van der Waals surface area contributed by atoms with Crippen molar-refractivity contribution in [1.29, 1.82) is 0 Å². The highest BCUT2D eigenvalue weighted by atomic mass is 16.6. The summed E-state index contributed by atoms with van der Waals surface area (Å²) in [6.07, 6.45) is 0.467. The Morgan fingerprint density at radius 1 is 1.13 bits per heavy atom. The summed E-state index contributed by atoms with van der Waals surface area (Å²) in [6.45, 7) is 3.72. The number of allylic oxidation sites excluding steroid dienone is 1. The summed E-state index contributed by atoms with van der Waals surface area (Å²) in [5.41, 5.74) is 1.98. The van der Waals surface area contributed by atoms with E-state index in [-0.39, 0.29) is 29.3 Å². The van der Waals surface area contributed by atoms with Crippen molar-refractivity contribution >= 4 is 34.8 Å². The number of esters is 1. The van der Waals surface area contributed by atoms with Gasteiger partial charge in [-0.05, 0) is 37.6 Å². The number of aliphatic imine (C=N–C) groups is 1. The minimum absolute atomic E-state index is 0.0473. The fraction of sp³-hybridized carbons (Fsp3) is 0.190. The van der Waals surface area contributed by atoms with Crippen LogP contribution in [0.4, 0.5) is 17.1 Å². The van der Waals surface area contributed by atoms with Crippen LogP contribution in [0.1, 0.15) is 30.6 Å². The van der Waals surface area contributed by atoms with E-state index in [0.29, 0.717) is 23.5 Å². The molecule has 0 saturated carbocycles. The minimum Gasteiger partial charge on any atom is -0.462 e. The molecule has 0 unspecified atom stereocenters. The van der Waals surface area contributed by atoms with E-state index >= 15 is 0 Å². The monoisotopic (exact) mass is 408 g/mol. The van der Waals surface area contributed by atoms with Gasteiger partial charge in [-0.3, -0.25) is 14.9 Å². The van der Waals surface area contributed by atoms with Gasteiger partial charge in [0.2, 0.25) is 0 Å². The summed E-state index contributed by atoms with van der Waals surface area (Å²) in [7, 11) is 0. The van der Waals surface area contributed by atoms with E-state index in [4.69, 9.17) is 4.74 Å². The zero-order valence-electron chi connectivity index (χ0n) is 16.5. The molecule has 30 heavy (non-hydrogen) atoms. The van der Waals surface area contributed by atoms with Crippen molar-refractivity contribution in [2.24, 2.45) is 4.99 Å². The average molecular weight is 408 g/mol. The Morgan fingerprint density at radius 2 is 1.83 bits per heavy atom. The highest BCUT2D eigenvalue weighted by Gasteiger charge is 2.27. The fourth-order valence-corrected chi connectivity index (χ4v) is 2.91. The molecule has 0 aliphatic carbocycles. The fourth-order valence-electron chi connectivity index (χ4n) is 2.91. The van der Waals surface area contributed by atoms with Gasteiger partial charge in [-0.2, -0.15) is 0 Å². The molecule has 154 valence electrons. The van der Waals surface area contributed by atoms with E-state index in [9.17, 15) is 19.7 Å². The maximum absolute atomic E-state index is 12.8. The minimum atomic E-state index is -0.614. The lowest BCUT2D eigenvalue weighted by Gasteiger charge is -2.15. The Morgan fingerprint density at radius 3 is 2.47 bits per heavy atom. The van der Waals surface area contributed by atoms with E-state index in [1.165, 1.54) is 24.3 Å². The molecule has 1 heterocycles. The first-order chi connectivity index (χ1) is 14.4. The molecule has 0 saturated heterocycles. The number of para-hydroxylation sites is 2. The van der Waals surface area contributed by atoms with Crippen molar-refractivity contribution in [2.75, 3.05) is 11.9 Å². The Balaban J connectivity index is 2.02. The number of hydrogen-bond donors (Lipinski definition) is 2. The van der Waals surface area contributed by atoms with Crippen molar-refractivity contribution in [1.82, 2.24) is 5.32 Å². The molecule has 3 rings (SSSR count). The van der Waals surface area contributed by atoms with Gasteiger partial charge < -0.3 is 15.4 Å². The van der Waals surface area contributed by atoms with Gasteiger partial charge in [-0.1, -0.05) is 19.1 Å².